The molecule has 1 amide bonds. The summed E-state index contributed by atoms with van der Waals surface area (Å²) in [5.41, 5.74) is 2.37. The lowest BCUT2D eigenvalue weighted by molar-refractivity contribution is -0.681. The zero-order chi connectivity index (χ0) is 32.0. The van der Waals surface area contributed by atoms with Gasteiger partial charge in [-0.05, 0) is 37.1 Å². The van der Waals surface area contributed by atoms with Crippen LogP contribution in [0.2, 0.25) is 0 Å². The second kappa shape index (κ2) is 24.4. The number of benzene rings is 1. The Kier molecular flexibility index (Phi) is 21.4. The van der Waals surface area contributed by atoms with Crippen LogP contribution in [0.5, 0.6) is 0 Å². The maximum Gasteiger partial charge on any atom is 0.407 e. The zero-order valence-corrected chi connectivity index (χ0v) is 31.2. The van der Waals surface area contributed by atoms with Crippen molar-refractivity contribution in [2.24, 2.45) is 0 Å². The molecule has 1 aliphatic heterocycles. The van der Waals surface area contributed by atoms with Crippen LogP contribution in [0.25, 0.3) is 10.9 Å². The van der Waals surface area contributed by atoms with Crippen molar-refractivity contribution < 1.29 is 40.6 Å². The molecule has 1 unspecified atom stereocenters. The third-order valence-electron chi connectivity index (χ3n) is 9.27. The monoisotopic (exact) mass is 720 g/mol. The Morgan fingerprint density at radius 1 is 0.804 bits per heavy atom. The number of ether oxygens (including phenoxy) is 2. The summed E-state index contributed by atoms with van der Waals surface area (Å²) in [6, 6.07) is 12.8. The average Bonchev–Trinajstić information content (AvgIpc) is 3.04. The largest absolute Gasteiger partial charge is 1.00 e. The van der Waals surface area contributed by atoms with Crippen molar-refractivity contribution >= 4 is 34.7 Å². The van der Waals surface area contributed by atoms with Crippen LogP contribution in [-0.2, 0) is 25.6 Å². The molecule has 2 heterocycles. The fraction of sp³-hybridized carbons (Fsp3) is 0.711. The van der Waals surface area contributed by atoms with Crippen molar-refractivity contribution in [3.63, 3.8) is 0 Å². The number of rotatable bonds is 25. The molecule has 1 aromatic carbocycles. The van der Waals surface area contributed by atoms with Crippen LogP contribution in [0.1, 0.15) is 141 Å². The molecule has 0 aliphatic carbocycles. The molecule has 3 rings (SSSR count). The first kappa shape index (κ1) is 40.4. The standard InChI is InChI=1S/C38H60N2O4S.BrH/c1-3-4-5-6-7-8-9-10-11-12-13-14-15-16-17-21-29-39-37(42)44-32-38(28-31-45-38)35-27-26-33-23-18-19-24-34(33)40(35)30-22-20-25-36(41)43-2;/h18-19,23-24,26-27H,3-17,20-22,25,28-32H2,1-2H3;1H. The molecular formula is C38H61BrN2O4S. The number of esters is 1. The van der Waals surface area contributed by atoms with Gasteiger partial charge in [0, 0.05) is 36.9 Å². The normalized spacial score (nSPS) is 15.6. The summed E-state index contributed by atoms with van der Waals surface area (Å²) in [6.45, 7) is 4.13. The highest BCUT2D eigenvalue weighted by atomic mass is 79.9. The minimum atomic E-state index is -0.312. The van der Waals surface area contributed by atoms with Gasteiger partial charge in [0.15, 0.2) is 0 Å². The summed E-state index contributed by atoms with van der Waals surface area (Å²) in [5, 5.41) is 4.17. The molecule has 2 aromatic rings. The number of pyridine rings is 1. The lowest BCUT2D eigenvalue weighted by atomic mass is 9.98. The minimum absolute atomic E-state index is 0. The summed E-state index contributed by atoms with van der Waals surface area (Å²) >= 11 is 1.87. The van der Waals surface area contributed by atoms with E-state index in [9.17, 15) is 9.59 Å². The van der Waals surface area contributed by atoms with Gasteiger partial charge in [0.25, 0.3) is 0 Å². The van der Waals surface area contributed by atoms with Gasteiger partial charge in [-0.3, -0.25) is 4.79 Å². The number of nitrogens with one attached hydrogen (secondary N) is 1. The summed E-state index contributed by atoms with van der Waals surface area (Å²) in [4.78, 5) is 24.2. The van der Waals surface area contributed by atoms with E-state index in [1.807, 2.05) is 11.8 Å². The average molecular weight is 722 g/mol. The first-order valence-electron chi connectivity index (χ1n) is 18.1. The maximum absolute atomic E-state index is 12.6. The molecular weight excluding hydrogens is 660 g/mol. The van der Waals surface area contributed by atoms with Crippen LogP contribution in [-0.4, -0.2) is 38.1 Å². The molecule has 1 atom stereocenters. The summed E-state index contributed by atoms with van der Waals surface area (Å²) in [7, 11) is 1.44. The number of carbonyl (C=O) groups excluding carboxylic acids is 2. The Morgan fingerprint density at radius 2 is 1.39 bits per heavy atom. The van der Waals surface area contributed by atoms with Gasteiger partial charge in [-0.25, -0.2) is 4.79 Å². The van der Waals surface area contributed by atoms with Crippen molar-refractivity contribution in [3.8, 4) is 0 Å². The lowest BCUT2D eigenvalue weighted by Crippen LogP contribution is -3.00. The number of fused-ring (bicyclic) bond motifs is 1. The third kappa shape index (κ3) is 14.5. The van der Waals surface area contributed by atoms with Gasteiger partial charge in [-0.15, -0.1) is 11.8 Å². The van der Waals surface area contributed by atoms with Crippen molar-refractivity contribution in [2.45, 2.75) is 147 Å². The Morgan fingerprint density at radius 3 is 1.96 bits per heavy atom. The van der Waals surface area contributed by atoms with Crippen LogP contribution in [0.3, 0.4) is 0 Å². The van der Waals surface area contributed by atoms with E-state index in [-0.39, 0.29) is 33.8 Å². The van der Waals surface area contributed by atoms with E-state index in [0.29, 0.717) is 19.6 Å². The first-order chi connectivity index (χ1) is 22.1. The molecule has 8 heteroatoms. The van der Waals surface area contributed by atoms with E-state index in [1.54, 1.807) is 0 Å². The number of halogens is 1. The van der Waals surface area contributed by atoms with E-state index >= 15 is 0 Å². The van der Waals surface area contributed by atoms with Gasteiger partial charge in [0.2, 0.25) is 11.2 Å². The molecule has 1 aromatic heterocycles. The number of methoxy groups -OCH3 is 1. The molecule has 1 fully saturated rings. The van der Waals surface area contributed by atoms with Gasteiger partial charge in [-0.1, -0.05) is 115 Å². The number of carbonyl (C=O) groups is 2. The van der Waals surface area contributed by atoms with Crippen LogP contribution in [0.15, 0.2) is 36.4 Å². The predicted molar refractivity (Wildman–Crippen MR) is 188 cm³/mol. The molecule has 1 aliphatic rings. The number of para-hydroxylation sites is 1. The molecule has 0 bridgehead atoms. The highest BCUT2D eigenvalue weighted by Gasteiger charge is 2.48. The van der Waals surface area contributed by atoms with Crippen LogP contribution in [0, 0.1) is 0 Å². The number of aromatic nitrogens is 1. The van der Waals surface area contributed by atoms with Gasteiger partial charge >= 0.3 is 12.1 Å². The number of amides is 1. The number of thioether (sulfide) groups is 1. The zero-order valence-electron chi connectivity index (χ0n) is 28.8. The number of alkyl carbamates (subject to hydrolysis) is 1. The van der Waals surface area contributed by atoms with E-state index in [0.717, 1.165) is 44.4 Å². The van der Waals surface area contributed by atoms with E-state index in [1.165, 1.54) is 114 Å². The second-order valence-electron chi connectivity index (χ2n) is 12.9. The van der Waals surface area contributed by atoms with E-state index in [4.69, 9.17) is 9.47 Å². The van der Waals surface area contributed by atoms with Gasteiger partial charge in [-0.2, -0.15) is 4.57 Å². The molecule has 46 heavy (non-hydrogen) atoms. The number of aryl methyl sites for hydroxylation is 1. The number of unbranched alkanes of at least 4 members (excludes halogenated alkanes) is 16. The van der Waals surface area contributed by atoms with Gasteiger partial charge < -0.3 is 31.8 Å². The Balaban J connectivity index is 0.00000736. The number of nitrogens with zero attached hydrogens (tertiary/aromatic N) is 1. The van der Waals surface area contributed by atoms with Crippen molar-refractivity contribution in [3.05, 3.63) is 42.1 Å². The molecule has 1 N–H and O–H groups in total. The minimum Gasteiger partial charge on any atom is -1.00 e. The number of hydrogen-bond donors (Lipinski definition) is 1. The third-order valence-corrected chi connectivity index (χ3v) is 10.8. The summed E-state index contributed by atoms with van der Waals surface area (Å²) in [5.74, 6) is 0.891. The molecule has 0 saturated carbocycles. The predicted octanol–water partition coefficient (Wildman–Crippen LogP) is 6.79. The molecule has 260 valence electrons. The summed E-state index contributed by atoms with van der Waals surface area (Å²) in [6.07, 6.45) is 24.2. The van der Waals surface area contributed by atoms with E-state index in [2.05, 4.69) is 53.2 Å². The van der Waals surface area contributed by atoms with Gasteiger partial charge in [0.1, 0.15) is 17.9 Å². The Hall–Kier alpha value is -1.80. The fourth-order valence-electron chi connectivity index (χ4n) is 6.38. The summed E-state index contributed by atoms with van der Waals surface area (Å²) < 4.78 is 12.8. The van der Waals surface area contributed by atoms with Crippen LogP contribution >= 0.6 is 11.8 Å². The van der Waals surface area contributed by atoms with Crippen molar-refractivity contribution in [1.29, 1.82) is 0 Å². The molecule has 6 nitrogen and oxygen atoms in total. The van der Waals surface area contributed by atoms with Crippen molar-refractivity contribution in [1.82, 2.24) is 5.32 Å². The maximum atomic E-state index is 12.6. The first-order valence-corrected chi connectivity index (χ1v) is 19.1. The molecule has 0 spiro atoms. The highest BCUT2D eigenvalue weighted by Crippen LogP contribution is 2.48. The lowest BCUT2D eigenvalue weighted by Gasteiger charge is -2.38. The fourth-order valence-corrected chi connectivity index (χ4v) is 7.54. The second-order valence-corrected chi connectivity index (χ2v) is 14.3. The topological polar surface area (TPSA) is 68.5 Å². The van der Waals surface area contributed by atoms with Crippen LogP contribution in [0.4, 0.5) is 4.79 Å². The Labute approximate surface area is 294 Å². The van der Waals surface area contributed by atoms with E-state index < -0.39 is 0 Å². The van der Waals surface area contributed by atoms with Gasteiger partial charge in [0.05, 0.1) is 7.11 Å². The Bertz CT molecular complexity index is 1130. The SMILES string of the molecule is CCCCCCCCCCCCCCCCCCNC(=O)OCC1(c2ccc3ccccc3[n+]2CCCCC(=O)OC)CCS1.[Br-]. The number of hydrogen-bond acceptors (Lipinski definition) is 5. The quantitative estimate of drug-likeness (QED) is 0.0695. The smallest absolute Gasteiger partial charge is 0.407 e. The molecule has 0 radical (unpaired) electrons. The van der Waals surface area contributed by atoms with Crippen LogP contribution < -0.4 is 26.9 Å². The molecule has 1 saturated heterocycles. The van der Waals surface area contributed by atoms with Crippen molar-refractivity contribution in [2.75, 3.05) is 26.0 Å². The highest BCUT2D eigenvalue weighted by molar-refractivity contribution is 8.01.